The number of fused-ring (bicyclic) bond motifs is 3. The Balaban J connectivity index is 1.14. The maximum Gasteiger partial charge on any atom is 0.410 e. The molecule has 0 unspecified atom stereocenters. The van der Waals surface area contributed by atoms with Crippen LogP contribution in [0.4, 0.5) is 16.3 Å². The summed E-state index contributed by atoms with van der Waals surface area (Å²) in [7, 11) is 0. The Labute approximate surface area is 264 Å². The van der Waals surface area contributed by atoms with Crippen molar-refractivity contribution in [3.05, 3.63) is 76.0 Å². The van der Waals surface area contributed by atoms with Gasteiger partial charge in [-0.1, -0.05) is 36.4 Å². The van der Waals surface area contributed by atoms with Crippen molar-refractivity contribution in [2.75, 3.05) is 37.6 Å². The zero-order valence-electron chi connectivity index (χ0n) is 26.3. The summed E-state index contributed by atoms with van der Waals surface area (Å²) in [5.41, 5.74) is 8.41. The number of likely N-dealkylation sites (tertiary alicyclic amines) is 1. The van der Waals surface area contributed by atoms with Gasteiger partial charge in [-0.05, 0) is 60.4 Å². The minimum Gasteiger partial charge on any atom is -0.445 e. The van der Waals surface area contributed by atoms with Gasteiger partial charge in [0.1, 0.15) is 6.61 Å². The van der Waals surface area contributed by atoms with Crippen molar-refractivity contribution in [1.29, 1.82) is 0 Å². The summed E-state index contributed by atoms with van der Waals surface area (Å²) in [5, 5.41) is 5.34. The van der Waals surface area contributed by atoms with Gasteiger partial charge in [0.25, 0.3) is 0 Å². The highest BCUT2D eigenvalue weighted by Gasteiger charge is 2.35. The van der Waals surface area contributed by atoms with Gasteiger partial charge < -0.3 is 24.3 Å². The fourth-order valence-corrected chi connectivity index (χ4v) is 7.46. The van der Waals surface area contributed by atoms with E-state index in [1.807, 2.05) is 45.0 Å². The quantitative estimate of drug-likeness (QED) is 0.424. The summed E-state index contributed by atoms with van der Waals surface area (Å²) in [5.74, 6) is 1.18. The van der Waals surface area contributed by atoms with E-state index in [1.54, 1.807) is 13.8 Å². The van der Waals surface area contributed by atoms with Crippen LogP contribution in [0.15, 0.2) is 42.5 Å². The van der Waals surface area contributed by atoms with Crippen LogP contribution in [0.1, 0.15) is 72.7 Å². The molecule has 236 valence electrons. The van der Waals surface area contributed by atoms with Gasteiger partial charge in [0, 0.05) is 76.5 Å². The number of nitrogens with zero attached hydrogens (tertiary/aromatic N) is 6. The lowest BCUT2D eigenvalue weighted by molar-refractivity contribution is -0.130. The van der Waals surface area contributed by atoms with Crippen LogP contribution in [0.3, 0.4) is 0 Å². The van der Waals surface area contributed by atoms with E-state index in [2.05, 4.69) is 21.7 Å². The van der Waals surface area contributed by atoms with Crippen molar-refractivity contribution in [1.82, 2.24) is 24.5 Å². The van der Waals surface area contributed by atoms with Gasteiger partial charge in [-0.3, -0.25) is 14.3 Å². The molecule has 5 heterocycles. The van der Waals surface area contributed by atoms with Crippen LogP contribution in [-0.4, -0.2) is 75.1 Å². The highest BCUT2D eigenvalue weighted by Crippen LogP contribution is 2.41. The van der Waals surface area contributed by atoms with Crippen molar-refractivity contribution in [2.45, 2.75) is 78.1 Å². The Morgan fingerprint density at radius 3 is 2.29 bits per heavy atom. The number of aryl methyl sites for hydroxylation is 1. The highest BCUT2D eigenvalue weighted by molar-refractivity contribution is 5.76. The standard InChI is InChI=1S/C35H42N6O4/c1-24(42)38-15-10-27-20-33-28(19-29(27)21-38)9-6-14-40(33)34-31-22-39(25(2)43)18-13-32(31)41(36-34)30-11-16-37(17-12-30)35(44)45-23-26-7-4-3-5-8-26/h3-5,7-8,19-20,30H,6,9-18,21-23H2,1-2H3. The first kappa shape index (κ1) is 29.4. The minimum absolute atomic E-state index is 0.0878. The van der Waals surface area contributed by atoms with Crippen LogP contribution in [0.5, 0.6) is 0 Å². The molecule has 0 N–H and O–H groups in total. The number of amides is 3. The van der Waals surface area contributed by atoms with E-state index in [0.717, 1.165) is 68.6 Å². The molecule has 10 nitrogen and oxygen atoms in total. The number of hydrogen-bond donors (Lipinski definition) is 0. The van der Waals surface area contributed by atoms with E-state index in [1.165, 1.54) is 28.1 Å². The van der Waals surface area contributed by atoms with Crippen molar-refractivity contribution >= 4 is 29.4 Å². The largest absolute Gasteiger partial charge is 0.445 e. The third-order valence-electron chi connectivity index (χ3n) is 10.0. The van der Waals surface area contributed by atoms with Gasteiger partial charge in [-0.15, -0.1) is 0 Å². The molecule has 7 rings (SSSR count). The molecule has 4 aliphatic rings. The third kappa shape index (κ3) is 5.78. The molecular formula is C35H42N6O4. The number of carbonyl (C=O) groups is 3. The molecule has 2 aromatic carbocycles. The predicted molar refractivity (Wildman–Crippen MR) is 170 cm³/mol. The average molecular weight is 611 g/mol. The molecule has 0 spiro atoms. The van der Waals surface area contributed by atoms with Crippen LogP contribution in [0.25, 0.3) is 0 Å². The number of hydrogen-bond acceptors (Lipinski definition) is 6. The summed E-state index contributed by atoms with van der Waals surface area (Å²) in [6.07, 6.45) is 4.99. The molecule has 1 fully saturated rings. The number of rotatable bonds is 4. The van der Waals surface area contributed by atoms with E-state index in [0.29, 0.717) is 32.7 Å². The van der Waals surface area contributed by atoms with E-state index >= 15 is 0 Å². The molecule has 1 aromatic heterocycles. The maximum absolute atomic E-state index is 12.8. The van der Waals surface area contributed by atoms with Crippen LogP contribution in [0, 0.1) is 0 Å². The first-order valence-corrected chi connectivity index (χ1v) is 16.3. The Bertz CT molecular complexity index is 1610. The fraction of sp³-hybridized carbons (Fsp3) is 0.486. The molecule has 0 saturated carbocycles. The number of anilines is 2. The normalized spacial score (nSPS) is 18.3. The monoisotopic (exact) mass is 610 g/mol. The zero-order valence-corrected chi connectivity index (χ0v) is 26.3. The Hall–Kier alpha value is -4.34. The minimum atomic E-state index is -0.266. The predicted octanol–water partition coefficient (Wildman–Crippen LogP) is 4.75. The second kappa shape index (κ2) is 12.2. The van der Waals surface area contributed by atoms with Crippen molar-refractivity contribution in [3.63, 3.8) is 0 Å². The lowest BCUT2D eigenvalue weighted by Crippen LogP contribution is -2.40. The summed E-state index contributed by atoms with van der Waals surface area (Å²) in [6.45, 7) is 8.37. The zero-order chi connectivity index (χ0) is 31.1. The van der Waals surface area contributed by atoms with Gasteiger partial charge in [0.05, 0.1) is 12.6 Å². The Morgan fingerprint density at radius 1 is 0.800 bits per heavy atom. The molecule has 3 amide bonds. The molecule has 4 aliphatic heterocycles. The lowest BCUT2D eigenvalue weighted by atomic mass is 9.91. The molecular weight excluding hydrogens is 568 g/mol. The van der Waals surface area contributed by atoms with Crippen LogP contribution >= 0.6 is 0 Å². The second-order valence-corrected chi connectivity index (χ2v) is 12.8. The highest BCUT2D eigenvalue weighted by atomic mass is 16.6. The van der Waals surface area contributed by atoms with Crippen molar-refractivity contribution < 1.29 is 19.1 Å². The molecule has 0 aliphatic carbocycles. The molecule has 1 saturated heterocycles. The first-order valence-electron chi connectivity index (χ1n) is 16.3. The van der Waals surface area contributed by atoms with Crippen LogP contribution in [-0.2, 0) is 53.3 Å². The summed E-state index contributed by atoms with van der Waals surface area (Å²) >= 11 is 0. The van der Waals surface area contributed by atoms with E-state index < -0.39 is 0 Å². The Morgan fingerprint density at radius 2 is 1.53 bits per heavy atom. The summed E-state index contributed by atoms with van der Waals surface area (Å²) in [4.78, 5) is 45.4. The maximum atomic E-state index is 12.8. The summed E-state index contributed by atoms with van der Waals surface area (Å²) < 4.78 is 7.84. The first-order chi connectivity index (χ1) is 21.9. The summed E-state index contributed by atoms with van der Waals surface area (Å²) in [6, 6.07) is 14.6. The van der Waals surface area contributed by atoms with Gasteiger partial charge >= 0.3 is 6.09 Å². The van der Waals surface area contributed by atoms with Crippen molar-refractivity contribution in [3.8, 4) is 0 Å². The molecule has 3 aromatic rings. The fourth-order valence-electron chi connectivity index (χ4n) is 7.46. The number of ether oxygens (including phenoxy) is 1. The topological polar surface area (TPSA) is 91.2 Å². The van der Waals surface area contributed by atoms with Crippen molar-refractivity contribution in [2.24, 2.45) is 0 Å². The SMILES string of the molecule is CC(=O)N1CCc2cc3c(cc2C1)CCCN3c1nn(C2CCN(C(=O)OCc3ccccc3)CC2)c2c1CN(C(C)=O)CC2. The van der Waals surface area contributed by atoms with Gasteiger partial charge in [0.2, 0.25) is 11.8 Å². The number of piperidine rings is 1. The van der Waals surface area contributed by atoms with Crippen LogP contribution < -0.4 is 4.90 Å². The average Bonchev–Trinajstić information content (AvgIpc) is 3.45. The van der Waals surface area contributed by atoms with E-state index in [9.17, 15) is 14.4 Å². The van der Waals surface area contributed by atoms with Gasteiger partial charge in [-0.2, -0.15) is 5.10 Å². The van der Waals surface area contributed by atoms with Gasteiger partial charge in [0.15, 0.2) is 5.82 Å². The Kier molecular flexibility index (Phi) is 7.97. The molecule has 10 heteroatoms. The molecule has 0 atom stereocenters. The number of aromatic nitrogens is 2. The lowest BCUT2D eigenvalue weighted by Gasteiger charge is -2.35. The molecule has 0 radical (unpaired) electrons. The third-order valence-corrected chi connectivity index (χ3v) is 10.0. The van der Waals surface area contributed by atoms with Gasteiger partial charge in [-0.25, -0.2) is 4.79 Å². The number of benzene rings is 2. The molecule has 0 bridgehead atoms. The molecule has 45 heavy (non-hydrogen) atoms. The van der Waals surface area contributed by atoms with Crippen LogP contribution in [0.2, 0.25) is 0 Å². The smallest absolute Gasteiger partial charge is 0.410 e. The van der Waals surface area contributed by atoms with E-state index in [4.69, 9.17) is 9.84 Å². The van der Waals surface area contributed by atoms with E-state index in [-0.39, 0.29) is 30.6 Å². The second-order valence-electron chi connectivity index (χ2n) is 12.8. The number of carbonyl (C=O) groups excluding carboxylic acids is 3.